The molecule has 0 atom stereocenters. The third kappa shape index (κ3) is 5.38. The van der Waals surface area contributed by atoms with Crippen LogP contribution < -0.4 is 0 Å². The van der Waals surface area contributed by atoms with Gasteiger partial charge in [-0.05, 0) is 95.8 Å². The highest BCUT2D eigenvalue weighted by Crippen LogP contribution is 2.39. The highest BCUT2D eigenvalue weighted by molar-refractivity contribution is 6.13. The Kier molecular flexibility index (Phi) is 7.59. The molecule has 4 heteroatoms. The Bertz CT molecular complexity index is 3180. The molecule has 0 unspecified atom stereocenters. The van der Waals surface area contributed by atoms with E-state index in [1.807, 2.05) is 18.3 Å². The molecule has 264 valence electrons. The number of rotatable bonds is 6. The number of hydrogen-bond acceptors (Lipinski definition) is 2. The second kappa shape index (κ2) is 13.2. The number of hydrogen-bond donors (Lipinski definition) is 0. The fourth-order valence-corrected chi connectivity index (χ4v) is 8.58. The van der Waals surface area contributed by atoms with Gasteiger partial charge in [0.15, 0.2) is 5.82 Å². The number of nitrogens with zero attached hydrogens (tertiary/aromatic N) is 4. The van der Waals surface area contributed by atoms with Crippen molar-refractivity contribution in [1.82, 2.24) is 19.1 Å². The van der Waals surface area contributed by atoms with Gasteiger partial charge in [-0.2, -0.15) is 0 Å². The minimum Gasteiger partial charge on any atom is -0.313 e. The number of fused-ring (bicyclic) bond motifs is 6. The summed E-state index contributed by atoms with van der Waals surface area (Å²) < 4.78 is 4.82. The Labute approximate surface area is 325 Å². The summed E-state index contributed by atoms with van der Waals surface area (Å²) in [5.41, 5.74) is 15.0. The number of benzene rings is 7. The first-order valence-electron chi connectivity index (χ1n) is 19.3. The fraction of sp³-hybridized carbons (Fsp3) is 0.0385. The van der Waals surface area contributed by atoms with Crippen LogP contribution in [0.2, 0.25) is 0 Å². The molecule has 0 N–H and O–H groups in total. The first kappa shape index (κ1) is 32.2. The molecule has 3 heterocycles. The molecule has 0 bridgehead atoms. The van der Waals surface area contributed by atoms with E-state index in [1.54, 1.807) is 0 Å². The van der Waals surface area contributed by atoms with Crippen LogP contribution in [0, 0.1) is 0 Å². The minimum absolute atomic E-state index is 0.701. The first-order chi connectivity index (χ1) is 27.8. The van der Waals surface area contributed by atoms with Gasteiger partial charge in [0.05, 0.1) is 27.8 Å². The molecule has 0 spiro atoms. The molecule has 1 aliphatic carbocycles. The Morgan fingerprint density at radius 3 is 1.73 bits per heavy atom. The summed E-state index contributed by atoms with van der Waals surface area (Å²) in [6.45, 7) is 0. The molecule has 0 amide bonds. The van der Waals surface area contributed by atoms with Crippen LogP contribution in [0.5, 0.6) is 0 Å². The van der Waals surface area contributed by atoms with E-state index >= 15 is 0 Å². The van der Waals surface area contributed by atoms with Gasteiger partial charge < -0.3 is 9.13 Å². The molecule has 0 saturated carbocycles. The van der Waals surface area contributed by atoms with E-state index in [1.165, 1.54) is 66.0 Å². The SMILES string of the molecule is C1=CCCC(n2c3ccccc3c3cc(-c4ccc5c(c4)c4ccccc4n5-c4cccc(-c5nccc(-c6ccc(-c7ccccc7)cc6)n5)c4)ccc32)=C1. The number of allylic oxidation sites excluding steroid dienone is 4. The summed E-state index contributed by atoms with van der Waals surface area (Å²) in [5, 5.41) is 5.01. The highest BCUT2D eigenvalue weighted by Gasteiger charge is 2.17. The van der Waals surface area contributed by atoms with E-state index < -0.39 is 0 Å². The predicted molar refractivity (Wildman–Crippen MR) is 234 cm³/mol. The van der Waals surface area contributed by atoms with Gasteiger partial charge in [0.1, 0.15) is 0 Å². The maximum Gasteiger partial charge on any atom is 0.159 e. The molecule has 10 aromatic rings. The van der Waals surface area contributed by atoms with Crippen LogP contribution in [-0.4, -0.2) is 19.1 Å². The normalized spacial score (nSPS) is 12.9. The van der Waals surface area contributed by atoms with Gasteiger partial charge in [-0.25, -0.2) is 9.97 Å². The molecule has 0 saturated heterocycles. The standard InChI is InChI=1S/C52H36N4/c1-3-12-35(13-4-1)36-22-24-37(25-23-36)47-30-31-53-52(54-47)40-14-11-17-42(32-40)56-49-21-10-8-19-44(49)46-34-39(27-29-51(46)56)38-26-28-50-45(33-38)43-18-7-9-20-48(43)55(50)41-15-5-2-6-16-41/h1-5,7-15,17-34H,6,16H2. The van der Waals surface area contributed by atoms with Crippen molar-refractivity contribution in [1.29, 1.82) is 0 Å². The molecule has 7 aromatic carbocycles. The largest absolute Gasteiger partial charge is 0.313 e. The highest BCUT2D eigenvalue weighted by atomic mass is 15.0. The molecule has 3 aromatic heterocycles. The molecule has 4 nitrogen and oxygen atoms in total. The smallest absolute Gasteiger partial charge is 0.159 e. The lowest BCUT2D eigenvalue weighted by molar-refractivity contribution is 0.979. The van der Waals surface area contributed by atoms with Crippen molar-refractivity contribution in [3.05, 3.63) is 194 Å². The van der Waals surface area contributed by atoms with E-state index in [2.05, 4.69) is 185 Å². The lowest BCUT2D eigenvalue weighted by Gasteiger charge is -2.14. The summed E-state index contributed by atoms with van der Waals surface area (Å²) >= 11 is 0. The van der Waals surface area contributed by atoms with Gasteiger partial charge >= 0.3 is 0 Å². The van der Waals surface area contributed by atoms with Crippen LogP contribution in [0.1, 0.15) is 12.8 Å². The van der Waals surface area contributed by atoms with Crippen molar-refractivity contribution in [3.8, 4) is 50.6 Å². The van der Waals surface area contributed by atoms with Crippen molar-refractivity contribution in [2.24, 2.45) is 0 Å². The van der Waals surface area contributed by atoms with Crippen molar-refractivity contribution in [2.45, 2.75) is 12.8 Å². The van der Waals surface area contributed by atoms with Crippen LogP contribution in [0.15, 0.2) is 194 Å². The van der Waals surface area contributed by atoms with Gasteiger partial charge in [-0.1, -0.05) is 127 Å². The molecule has 11 rings (SSSR count). The molecule has 1 aliphatic rings. The molecule has 0 radical (unpaired) electrons. The maximum atomic E-state index is 5.05. The van der Waals surface area contributed by atoms with Gasteiger partial charge in [0.25, 0.3) is 0 Å². The first-order valence-corrected chi connectivity index (χ1v) is 19.3. The van der Waals surface area contributed by atoms with Crippen LogP contribution >= 0.6 is 0 Å². The molecule has 56 heavy (non-hydrogen) atoms. The monoisotopic (exact) mass is 716 g/mol. The zero-order chi connectivity index (χ0) is 37.0. The van der Waals surface area contributed by atoms with Gasteiger partial charge in [0.2, 0.25) is 0 Å². The third-order valence-corrected chi connectivity index (χ3v) is 11.3. The molecule has 0 aliphatic heterocycles. The van der Waals surface area contributed by atoms with E-state index in [0.29, 0.717) is 5.82 Å². The van der Waals surface area contributed by atoms with E-state index in [0.717, 1.165) is 40.9 Å². The van der Waals surface area contributed by atoms with Gasteiger partial charge in [0, 0.05) is 50.3 Å². The zero-order valence-corrected chi connectivity index (χ0v) is 30.7. The van der Waals surface area contributed by atoms with Crippen LogP contribution in [-0.2, 0) is 0 Å². The van der Waals surface area contributed by atoms with Crippen molar-refractivity contribution in [3.63, 3.8) is 0 Å². The summed E-state index contributed by atoms with van der Waals surface area (Å²) in [6, 6.07) is 61.0. The molecule has 0 fully saturated rings. The Morgan fingerprint density at radius 2 is 1.02 bits per heavy atom. The Morgan fingerprint density at radius 1 is 0.429 bits per heavy atom. The van der Waals surface area contributed by atoms with Crippen LogP contribution in [0.4, 0.5) is 0 Å². The number of para-hydroxylation sites is 2. The lowest BCUT2D eigenvalue weighted by Crippen LogP contribution is -1.98. The minimum atomic E-state index is 0.701. The maximum absolute atomic E-state index is 5.05. The zero-order valence-electron chi connectivity index (χ0n) is 30.7. The molecular weight excluding hydrogens is 681 g/mol. The summed E-state index contributed by atoms with van der Waals surface area (Å²) in [4.78, 5) is 9.78. The second-order valence-electron chi connectivity index (χ2n) is 14.6. The van der Waals surface area contributed by atoms with Gasteiger partial charge in [-0.15, -0.1) is 0 Å². The Hall–Kier alpha value is -7.30. The van der Waals surface area contributed by atoms with Crippen LogP contribution in [0.3, 0.4) is 0 Å². The quantitative estimate of drug-likeness (QED) is 0.172. The fourth-order valence-electron chi connectivity index (χ4n) is 8.58. The van der Waals surface area contributed by atoms with Crippen molar-refractivity contribution in [2.75, 3.05) is 0 Å². The van der Waals surface area contributed by atoms with E-state index in [-0.39, 0.29) is 0 Å². The average Bonchev–Trinajstić information content (AvgIpc) is 3.79. The van der Waals surface area contributed by atoms with E-state index in [9.17, 15) is 0 Å². The van der Waals surface area contributed by atoms with Gasteiger partial charge in [-0.3, -0.25) is 0 Å². The Balaban J connectivity index is 0.980. The van der Waals surface area contributed by atoms with E-state index in [4.69, 9.17) is 9.97 Å². The number of aromatic nitrogens is 4. The van der Waals surface area contributed by atoms with Crippen molar-refractivity contribution < 1.29 is 0 Å². The third-order valence-electron chi connectivity index (χ3n) is 11.3. The second-order valence-corrected chi connectivity index (χ2v) is 14.6. The van der Waals surface area contributed by atoms with Crippen LogP contribution in [0.25, 0.3) is 99.9 Å². The average molecular weight is 717 g/mol. The summed E-state index contributed by atoms with van der Waals surface area (Å²) in [5.74, 6) is 0.701. The summed E-state index contributed by atoms with van der Waals surface area (Å²) in [7, 11) is 0. The topological polar surface area (TPSA) is 35.6 Å². The van der Waals surface area contributed by atoms with Crippen molar-refractivity contribution >= 4 is 49.3 Å². The molecular formula is C52H36N4. The summed E-state index contributed by atoms with van der Waals surface area (Å²) in [6.07, 6.45) is 10.7. The predicted octanol–water partition coefficient (Wildman–Crippen LogP) is 13.5. The lowest BCUT2D eigenvalue weighted by atomic mass is 10.0.